The number of hydrogen-bond donors (Lipinski definition) is 1. The number of amides is 1. The van der Waals surface area contributed by atoms with E-state index in [0.717, 1.165) is 15.9 Å². The molecular formula is C16H24BrNOS. The van der Waals surface area contributed by atoms with Crippen LogP contribution in [0.1, 0.15) is 27.7 Å². The molecule has 0 aliphatic rings. The van der Waals surface area contributed by atoms with Crippen molar-refractivity contribution in [2.24, 2.45) is 17.8 Å². The van der Waals surface area contributed by atoms with Gasteiger partial charge in [-0.25, -0.2) is 0 Å². The van der Waals surface area contributed by atoms with Crippen LogP contribution in [0, 0.1) is 17.8 Å². The maximum Gasteiger partial charge on any atom is 0.230 e. The van der Waals surface area contributed by atoms with Crippen LogP contribution in [0.4, 0.5) is 0 Å². The molecule has 0 atom stereocenters. The summed E-state index contributed by atoms with van der Waals surface area (Å²) in [5.41, 5.74) is 0. The lowest BCUT2D eigenvalue weighted by atomic mass is 9.85. The monoisotopic (exact) mass is 357 g/mol. The zero-order valence-corrected chi connectivity index (χ0v) is 15.1. The van der Waals surface area contributed by atoms with Gasteiger partial charge in [0.1, 0.15) is 0 Å². The molecule has 0 spiro atoms. The molecular weight excluding hydrogens is 334 g/mol. The summed E-state index contributed by atoms with van der Waals surface area (Å²) in [6.45, 7) is 9.64. The number of carbonyl (C=O) groups excluding carboxylic acids is 1. The minimum absolute atomic E-state index is 0.115. The average Bonchev–Trinajstić information content (AvgIpc) is 2.37. The number of nitrogens with one attached hydrogen (secondary N) is 1. The highest BCUT2D eigenvalue weighted by atomic mass is 79.9. The van der Waals surface area contributed by atoms with E-state index in [0.29, 0.717) is 23.5 Å². The largest absolute Gasteiger partial charge is 0.355 e. The molecule has 20 heavy (non-hydrogen) atoms. The Labute approximate surface area is 135 Å². The molecule has 1 amide bonds. The van der Waals surface area contributed by atoms with Crippen LogP contribution in [0.25, 0.3) is 0 Å². The fourth-order valence-electron chi connectivity index (χ4n) is 2.20. The van der Waals surface area contributed by atoms with Crippen molar-refractivity contribution in [2.45, 2.75) is 32.6 Å². The number of benzene rings is 1. The van der Waals surface area contributed by atoms with Crippen LogP contribution in [0.3, 0.4) is 0 Å². The van der Waals surface area contributed by atoms with Gasteiger partial charge in [0.15, 0.2) is 0 Å². The molecule has 0 radical (unpaired) electrons. The lowest BCUT2D eigenvalue weighted by Gasteiger charge is -2.25. The summed E-state index contributed by atoms with van der Waals surface area (Å²) in [5.74, 6) is 2.31. The summed E-state index contributed by atoms with van der Waals surface area (Å²) < 4.78 is 1.06. The molecule has 112 valence electrons. The fraction of sp³-hybridized carbons (Fsp3) is 0.562. The van der Waals surface area contributed by atoms with Gasteiger partial charge < -0.3 is 5.32 Å². The van der Waals surface area contributed by atoms with Crippen LogP contribution in [-0.4, -0.2) is 18.2 Å². The molecule has 1 aromatic carbocycles. The molecule has 0 aliphatic heterocycles. The van der Waals surface area contributed by atoms with Crippen molar-refractivity contribution in [2.75, 3.05) is 12.3 Å². The van der Waals surface area contributed by atoms with Crippen molar-refractivity contribution in [3.05, 3.63) is 28.7 Å². The van der Waals surface area contributed by atoms with Gasteiger partial charge in [-0.3, -0.25) is 4.79 Å². The van der Waals surface area contributed by atoms with E-state index >= 15 is 0 Å². The first-order valence-electron chi connectivity index (χ1n) is 7.05. The standard InChI is InChI=1S/C16H24BrNOS/c1-11(2)15(12(3)4)9-18-16(19)10-20-14-7-5-13(17)6-8-14/h5-8,11-12,15H,9-10H2,1-4H3,(H,18,19). The SMILES string of the molecule is CC(C)C(CNC(=O)CSc1ccc(Br)cc1)C(C)C. The van der Waals surface area contributed by atoms with Gasteiger partial charge in [0.25, 0.3) is 0 Å². The molecule has 0 saturated heterocycles. The van der Waals surface area contributed by atoms with Gasteiger partial charge in [-0.15, -0.1) is 11.8 Å². The highest BCUT2D eigenvalue weighted by Crippen LogP contribution is 2.21. The average molecular weight is 358 g/mol. The third-order valence-electron chi connectivity index (χ3n) is 3.43. The zero-order chi connectivity index (χ0) is 15.1. The van der Waals surface area contributed by atoms with Crippen LogP contribution in [0.2, 0.25) is 0 Å². The van der Waals surface area contributed by atoms with Crippen molar-refractivity contribution in [3.8, 4) is 0 Å². The molecule has 1 N–H and O–H groups in total. The highest BCUT2D eigenvalue weighted by molar-refractivity contribution is 9.10. The quantitative estimate of drug-likeness (QED) is 0.723. The van der Waals surface area contributed by atoms with Crippen molar-refractivity contribution >= 4 is 33.6 Å². The van der Waals surface area contributed by atoms with E-state index in [9.17, 15) is 4.79 Å². The molecule has 0 aromatic heterocycles. The van der Waals surface area contributed by atoms with E-state index in [1.54, 1.807) is 11.8 Å². The fourth-order valence-corrected chi connectivity index (χ4v) is 3.20. The Hall–Kier alpha value is -0.480. The second-order valence-corrected chi connectivity index (χ2v) is 7.66. The molecule has 4 heteroatoms. The maximum atomic E-state index is 11.9. The Morgan fingerprint density at radius 2 is 1.70 bits per heavy atom. The number of carbonyl (C=O) groups is 1. The zero-order valence-electron chi connectivity index (χ0n) is 12.7. The summed E-state index contributed by atoms with van der Waals surface area (Å²) in [5, 5.41) is 3.06. The number of rotatable bonds is 7. The first kappa shape index (κ1) is 17.6. The second kappa shape index (κ2) is 8.73. The van der Waals surface area contributed by atoms with Gasteiger partial charge in [-0.05, 0) is 42.0 Å². The predicted molar refractivity (Wildman–Crippen MR) is 91.0 cm³/mol. The summed E-state index contributed by atoms with van der Waals surface area (Å²) in [4.78, 5) is 13.0. The topological polar surface area (TPSA) is 29.1 Å². The molecule has 0 bridgehead atoms. The van der Waals surface area contributed by atoms with E-state index < -0.39 is 0 Å². The molecule has 0 aliphatic carbocycles. The normalized spacial score (nSPS) is 11.4. The third-order valence-corrected chi connectivity index (χ3v) is 4.97. The van der Waals surface area contributed by atoms with Gasteiger partial charge in [0.2, 0.25) is 5.91 Å². The Morgan fingerprint density at radius 1 is 1.15 bits per heavy atom. The minimum Gasteiger partial charge on any atom is -0.355 e. The van der Waals surface area contributed by atoms with Crippen LogP contribution >= 0.6 is 27.7 Å². The van der Waals surface area contributed by atoms with Crippen molar-refractivity contribution in [1.82, 2.24) is 5.32 Å². The Bertz CT molecular complexity index is 409. The maximum absolute atomic E-state index is 11.9. The summed E-state index contributed by atoms with van der Waals surface area (Å²) in [7, 11) is 0. The lowest BCUT2D eigenvalue weighted by Crippen LogP contribution is -2.34. The van der Waals surface area contributed by atoms with Crippen molar-refractivity contribution in [3.63, 3.8) is 0 Å². The predicted octanol–water partition coefficient (Wildman–Crippen LogP) is 4.59. The van der Waals surface area contributed by atoms with Crippen LogP contribution in [0.5, 0.6) is 0 Å². The molecule has 0 unspecified atom stereocenters. The summed E-state index contributed by atoms with van der Waals surface area (Å²) >= 11 is 4.98. The molecule has 1 aromatic rings. The van der Waals surface area contributed by atoms with Gasteiger partial charge in [-0.2, -0.15) is 0 Å². The van der Waals surface area contributed by atoms with Gasteiger partial charge in [0, 0.05) is 15.9 Å². The molecule has 0 saturated carbocycles. The van der Waals surface area contributed by atoms with E-state index in [4.69, 9.17) is 0 Å². The third kappa shape index (κ3) is 6.31. The van der Waals surface area contributed by atoms with Crippen molar-refractivity contribution in [1.29, 1.82) is 0 Å². The Morgan fingerprint density at radius 3 is 2.20 bits per heavy atom. The summed E-state index contributed by atoms with van der Waals surface area (Å²) in [6, 6.07) is 8.03. The van der Waals surface area contributed by atoms with E-state index in [2.05, 4.69) is 48.9 Å². The highest BCUT2D eigenvalue weighted by Gasteiger charge is 2.18. The van der Waals surface area contributed by atoms with E-state index in [1.165, 1.54) is 0 Å². The molecule has 0 fully saturated rings. The molecule has 1 rings (SSSR count). The minimum atomic E-state index is 0.115. The second-order valence-electron chi connectivity index (χ2n) is 5.70. The smallest absolute Gasteiger partial charge is 0.230 e. The van der Waals surface area contributed by atoms with Gasteiger partial charge >= 0.3 is 0 Å². The Balaban J connectivity index is 2.35. The van der Waals surface area contributed by atoms with E-state index in [-0.39, 0.29) is 5.91 Å². The molecule has 0 heterocycles. The van der Waals surface area contributed by atoms with E-state index in [1.807, 2.05) is 24.3 Å². The first-order chi connectivity index (χ1) is 9.40. The van der Waals surface area contributed by atoms with Gasteiger partial charge in [-0.1, -0.05) is 43.6 Å². The summed E-state index contributed by atoms with van der Waals surface area (Å²) in [6.07, 6.45) is 0. The van der Waals surface area contributed by atoms with Gasteiger partial charge in [0.05, 0.1) is 5.75 Å². The van der Waals surface area contributed by atoms with Crippen LogP contribution < -0.4 is 5.32 Å². The van der Waals surface area contributed by atoms with Crippen LogP contribution in [-0.2, 0) is 4.79 Å². The number of hydrogen-bond acceptors (Lipinski definition) is 2. The van der Waals surface area contributed by atoms with Crippen molar-refractivity contribution < 1.29 is 4.79 Å². The number of thioether (sulfide) groups is 1. The lowest BCUT2D eigenvalue weighted by molar-refractivity contribution is -0.118. The molecule has 2 nitrogen and oxygen atoms in total. The Kier molecular flexibility index (Phi) is 7.67. The number of halogens is 1. The van der Waals surface area contributed by atoms with Crippen LogP contribution in [0.15, 0.2) is 33.6 Å². The first-order valence-corrected chi connectivity index (χ1v) is 8.83.